The number of ether oxygens (including phenoxy) is 1. The average molecular weight is 404 g/mol. The molecule has 1 aliphatic rings. The van der Waals surface area contributed by atoms with Crippen molar-refractivity contribution in [2.45, 2.75) is 31.7 Å². The molecular weight excluding hydrogens is 374 g/mol. The fraction of sp³-hybridized carbons (Fsp3) is 0.524. The Hall–Kier alpha value is -2.05. The van der Waals surface area contributed by atoms with Gasteiger partial charge in [0.25, 0.3) is 0 Å². The fourth-order valence-corrected chi connectivity index (χ4v) is 4.10. The van der Waals surface area contributed by atoms with Crippen LogP contribution in [-0.2, 0) is 23.7 Å². The maximum absolute atomic E-state index is 6.57. The van der Waals surface area contributed by atoms with Gasteiger partial charge in [-0.15, -0.1) is 0 Å². The number of hydrogen-bond acceptors (Lipinski definition) is 3. The van der Waals surface area contributed by atoms with Gasteiger partial charge in [-0.2, -0.15) is 5.10 Å². The molecule has 0 amide bonds. The van der Waals surface area contributed by atoms with Crippen molar-refractivity contribution >= 4 is 17.6 Å². The summed E-state index contributed by atoms with van der Waals surface area (Å²) in [6.07, 6.45) is 5.77. The first kappa shape index (κ1) is 20.7. The molecule has 2 aromatic rings. The molecule has 1 saturated heterocycles. The van der Waals surface area contributed by atoms with Crippen molar-refractivity contribution < 1.29 is 4.74 Å². The molecule has 0 aliphatic carbocycles. The van der Waals surface area contributed by atoms with E-state index in [1.54, 1.807) is 0 Å². The summed E-state index contributed by atoms with van der Waals surface area (Å²) in [7, 11) is 3.99. The third kappa shape index (κ3) is 4.86. The van der Waals surface area contributed by atoms with Crippen LogP contribution in [-0.4, -0.2) is 54.0 Å². The van der Waals surface area contributed by atoms with Crippen LogP contribution in [0.25, 0.3) is 0 Å². The van der Waals surface area contributed by atoms with Gasteiger partial charge in [-0.3, -0.25) is 9.67 Å². The van der Waals surface area contributed by atoms with Crippen LogP contribution >= 0.6 is 11.6 Å². The molecule has 0 bridgehead atoms. The Balaban J connectivity index is 1.83. The molecule has 2 heterocycles. The number of halogens is 1. The van der Waals surface area contributed by atoms with Crippen molar-refractivity contribution in [1.82, 2.24) is 20.0 Å². The third-order valence-electron chi connectivity index (χ3n) is 5.30. The summed E-state index contributed by atoms with van der Waals surface area (Å²) in [4.78, 5) is 7.16. The standard InChI is InChI=1S/C21H30ClN5O/c1-4-23-20(26(2)14-17-13-25-27(3)15-17)24-16-21(9-11-28-12-10-21)18-7-5-6-8-19(18)22/h5-8,13,15H,4,9-12,14,16H2,1-3H3,(H,23,24). The maximum Gasteiger partial charge on any atom is 0.193 e. The molecule has 1 aliphatic heterocycles. The lowest BCUT2D eigenvalue weighted by Gasteiger charge is -2.37. The van der Waals surface area contributed by atoms with E-state index in [2.05, 4.69) is 41.4 Å². The first-order valence-corrected chi connectivity index (χ1v) is 10.2. The lowest BCUT2D eigenvalue weighted by Crippen LogP contribution is -2.42. The van der Waals surface area contributed by atoms with Gasteiger partial charge in [0.1, 0.15) is 0 Å². The SMILES string of the molecule is CCNC(=NCC1(c2ccccc2Cl)CCOCC1)N(C)Cc1cnn(C)c1. The van der Waals surface area contributed by atoms with E-state index in [1.165, 1.54) is 5.56 Å². The largest absolute Gasteiger partial charge is 0.381 e. The van der Waals surface area contributed by atoms with Crippen LogP contribution in [0.3, 0.4) is 0 Å². The van der Waals surface area contributed by atoms with Crippen molar-refractivity contribution in [3.8, 4) is 0 Å². The lowest BCUT2D eigenvalue weighted by molar-refractivity contribution is 0.0530. The van der Waals surface area contributed by atoms with Crippen LogP contribution in [0.5, 0.6) is 0 Å². The second-order valence-electron chi connectivity index (χ2n) is 7.42. The molecule has 3 rings (SSSR count). The van der Waals surface area contributed by atoms with Crippen LogP contribution in [0.4, 0.5) is 0 Å². The number of nitrogens with one attached hydrogen (secondary N) is 1. The van der Waals surface area contributed by atoms with E-state index in [1.807, 2.05) is 36.3 Å². The molecule has 0 radical (unpaired) electrons. The van der Waals surface area contributed by atoms with Crippen molar-refractivity contribution in [1.29, 1.82) is 0 Å². The van der Waals surface area contributed by atoms with Gasteiger partial charge in [0.05, 0.1) is 12.7 Å². The van der Waals surface area contributed by atoms with Gasteiger partial charge < -0.3 is 15.0 Å². The molecule has 0 atom stereocenters. The Morgan fingerprint density at radius 2 is 2.11 bits per heavy atom. The van der Waals surface area contributed by atoms with Crippen LogP contribution in [0, 0.1) is 0 Å². The summed E-state index contributed by atoms with van der Waals surface area (Å²) in [5, 5.41) is 8.49. The number of aromatic nitrogens is 2. The second kappa shape index (κ2) is 9.43. The highest BCUT2D eigenvalue weighted by Crippen LogP contribution is 2.38. The zero-order chi connectivity index (χ0) is 20.0. The Kier molecular flexibility index (Phi) is 6.97. The molecule has 28 heavy (non-hydrogen) atoms. The average Bonchev–Trinajstić information content (AvgIpc) is 3.10. The number of nitrogens with zero attached hydrogens (tertiary/aromatic N) is 4. The van der Waals surface area contributed by atoms with Gasteiger partial charge >= 0.3 is 0 Å². The zero-order valence-electron chi connectivity index (χ0n) is 17.0. The van der Waals surface area contributed by atoms with E-state index in [0.29, 0.717) is 6.54 Å². The summed E-state index contributed by atoms with van der Waals surface area (Å²) in [5.41, 5.74) is 2.24. The first-order chi connectivity index (χ1) is 13.5. The Morgan fingerprint density at radius 3 is 2.75 bits per heavy atom. The highest BCUT2D eigenvalue weighted by molar-refractivity contribution is 6.31. The molecule has 1 fully saturated rings. The molecule has 0 saturated carbocycles. The van der Waals surface area contributed by atoms with Crippen molar-refractivity contribution in [3.63, 3.8) is 0 Å². The highest BCUT2D eigenvalue weighted by Gasteiger charge is 2.36. The fourth-order valence-electron chi connectivity index (χ4n) is 3.76. The Labute approximate surface area is 172 Å². The lowest BCUT2D eigenvalue weighted by atomic mass is 9.74. The molecule has 152 valence electrons. The molecule has 7 heteroatoms. The van der Waals surface area contributed by atoms with Crippen molar-refractivity contribution in [2.75, 3.05) is 33.4 Å². The number of guanidine groups is 1. The molecule has 0 unspecified atom stereocenters. The quantitative estimate of drug-likeness (QED) is 0.594. The van der Waals surface area contributed by atoms with Crippen molar-refractivity contribution in [3.05, 3.63) is 52.8 Å². The van der Waals surface area contributed by atoms with Gasteiger partial charge in [0, 0.05) is 62.6 Å². The first-order valence-electron chi connectivity index (χ1n) is 9.84. The van der Waals surface area contributed by atoms with Crippen LogP contribution in [0.15, 0.2) is 41.7 Å². The molecule has 1 aromatic carbocycles. The maximum atomic E-state index is 6.57. The number of hydrogen-bond donors (Lipinski definition) is 1. The van der Waals surface area contributed by atoms with Crippen LogP contribution in [0.1, 0.15) is 30.9 Å². The molecule has 1 aromatic heterocycles. The van der Waals surface area contributed by atoms with Crippen LogP contribution < -0.4 is 5.32 Å². The molecule has 6 nitrogen and oxygen atoms in total. The monoisotopic (exact) mass is 403 g/mol. The highest BCUT2D eigenvalue weighted by atomic mass is 35.5. The minimum absolute atomic E-state index is 0.0909. The second-order valence-corrected chi connectivity index (χ2v) is 7.83. The van der Waals surface area contributed by atoms with E-state index in [9.17, 15) is 0 Å². The van der Waals surface area contributed by atoms with Gasteiger partial charge in [0.15, 0.2) is 5.96 Å². The smallest absolute Gasteiger partial charge is 0.193 e. The number of aryl methyl sites for hydroxylation is 1. The number of aliphatic imine (C=N–C) groups is 1. The van der Waals surface area contributed by atoms with Gasteiger partial charge in [-0.05, 0) is 31.4 Å². The van der Waals surface area contributed by atoms with E-state index in [-0.39, 0.29) is 5.41 Å². The summed E-state index contributed by atoms with van der Waals surface area (Å²) < 4.78 is 7.46. The summed E-state index contributed by atoms with van der Waals surface area (Å²) in [5.74, 6) is 0.893. The van der Waals surface area contributed by atoms with Gasteiger partial charge in [-0.25, -0.2) is 0 Å². The van der Waals surface area contributed by atoms with Gasteiger partial charge in [-0.1, -0.05) is 29.8 Å². The van der Waals surface area contributed by atoms with Crippen molar-refractivity contribution in [2.24, 2.45) is 12.0 Å². The predicted molar refractivity (Wildman–Crippen MR) is 114 cm³/mol. The molecular formula is C21H30ClN5O. The van der Waals surface area contributed by atoms with E-state index < -0.39 is 0 Å². The predicted octanol–water partition coefficient (Wildman–Crippen LogP) is 3.22. The van der Waals surface area contributed by atoms with Crippen LogP contribution in [0.2, 0.25) is 5.02 Å². The Morgan fingerprint density at radius 1 is 1.36 bits per heavy atom. The normalized spacial score (nSPS) is 16.8. The summed E-state index contributed by atoms with van der Waals surface area (Å²) in [6, 6.07) is 8.14. The number of rotatable bonds is 6. The minimum Gasteiger partial charge on any atom is -0.381 e. The van der Waals surface area contributed by atoms with E-state index in [0.717, 1.165) is 55.7 Å². The van der Waals surface area contributed by atoms with E-state index in [4.69, 9.17) is 21.3 Å². The Bertz CT molecular complexity index is 798. The summed E-state index contributed by atoms with van der Waals surface area (Å²) >= 11 is 6.57. The van der Waals surface area contributed by atoms with Gasteiger partial charge in [0.2, 0.25) is 0 Å². The zero-order valence-corrected chi connectivity index (χ0v) is 17.7. The topological polar surface area (TPSA) is 54.7 Å². The molecule has 1 N–H and O–H groups in total. The van der Waals surface area contributed by atoms with E-state index >= 15 is 0 Å². The minimum atomic E-state index is -0.0909. The summed E-state index contributed by atoms with van der Waals surface area (Å²) in [6.45, 7) is 5.82. The third-order valence-corrected chi connectivity index (χ3v) is 5.63. The molecule has 0 spiro atoms. The number of benzene rings is 1.